The minimum absolute atomic E-state index is 0.233. The molecule has 12 aromatic rings. The molecule has 0 saturated heterocycles. The zero-order valence-electron chi connectivity index (χ0n) is 37.6. The molecule has 1 aliphatic rings. The van der Waals surface area contributed by atoms with Crippen molar-refractivity contribution in [2.24, 2.45) is 0 Å². The van der Waals surface area contributed by atoms with Gasteiger partial charge in [-0.25, -0.2) is 0 Å². The van der Waals surface area contributed by atoms with Crippen LogP contribution in [0.4, 0.5) is 0 Å². The Hall–Kier alpha value is -8.32. The smallest absolute Gasteiger partial charge is 0.0159 e. The third kappa shape index (κ3) is 6.21. The van der Waals surface area contributed by atoms with E-state index < -0.39 is 0 Å². The lowest BCUT2D eigenvalue weighted by Gasteiger charge is -2.24. The first-order chi connectivity index (χ1) is 33.0. The van der Waals surface area contributed by atoms with Crippen molar-refractivity contribution in [3.63, 3.8) is 0 Å². The van der Waals surface area contributed by atoms with Gasteiger partial charge < -0.3 is 0 Å². The van der Waals surface area contributed by atoms with E-state index in [0.29, 0.717) is 0 Å². The summed E-state index contributed by atoms with van der Waals surface area (Å²) < 4.78 is 0. The van der Waals surface area contributed by atoms with E-state index >= 15 is 0 Å². The van der Waals surface area contributed by atoms with Gasteiger partial charge in [-0.3, -0.25) is 0 Å². The average molecular weight is 851 g/mol. The first kappa shape index (κ1) is 39.1. The summed E-state index contributed by atoms with van der Waals surface area (Å²) >= 11 is 0. The molecule has 0 amide bonds. The van der Waals surface area contributed by atoms with Crippen LogP contribution in [0.2, 0.25) is 0 Å². The quantitative estimate of drug-likeness (QED) is 0.146. The fourth-order valence-corrected chi connectivity index (χ4v) is 11.5. The summed E-state index contributed by atoms with van der Waals surface area (Å²) in [4.78, 5) is 0. The maximum atomic E-state index is 2.50. The Morgan fingerprint density at radius 3 is 0.776 bits per heavy atom. The predicted molar refractivity (Wildman–Crippen MR) is 287 cm³/mol. The van der Waals surface area contributed by atoms with Gasteiger partial charge in [-0.1, -0.05) is 232 Å². The second-order valence-electron chi connectivity index (χ2n) is 18.7. The lowest BCUT2D eigenvalue weighted by molar-refractivity contribution is 0.661. The number of hydrogen-bond acceptors (Lipinski definition) is 0. The molecule has 0 unspecified atom stereocenters. The van der Waals surface area contributed by atoms with Crippen molar-refractivity contribution in [3.05, 3.63) is 254 Å². The Balaban J connectivity index is 0.950. The molecule has 0 atom stereocenters. The molecular weight excluding hydrogens is 805 g/mol. The molecule has 0 saturated carbocycles. The molecule has 0 aromatic heterocycles. The molecule has 0 spiro atoms. The summed E-state index contributed by atoms with van der Waals surface area (Å²) in [5.74, 6) is 0. The van der Waals surface area contributed by atoms with Gasteiger partial charge in [0.05, 0.1) is 0 Å². The van der Waals surface area contributed by atoms with Crippen LogP contribution in [0.25, 0.3) is 121 Å². The summed E-state index contributed by atoms with van der Waals surface area (Å²) in [6, 6.07) is 90.1. The van der Waals surface area contributed by atoms with E-state index in [1.807, 2.05) is 0 Å². The topological polar surface area (TPSA) is 0 Å². The Morgan fingerprint density at radius 1 is 0.209 bits per heavy atom. The van der Waals surface area contributed by atoms with Crippen LogP contribution in [-0.2, 0) is 5.41 Å². The van der Waals surface area contributed by atoms with Crippen molar-refractivity contribution >= 4 is 43.1 Å². The highest BCUT2D eigenvalue weighted by atomic mass is 14.4. The van der Waals surface area contributed by atoms with E-state index in [2.05, 4.69) is 257 Å². The molecule has 0 heteroatoms. The molecule has 0 aliphatic heterocycles. The summed E-state index contributed by atoms with van der Waals surface area (Å²) in [5, 5.41) is 10.1. The SMILES string of the molecule is CC1(C)c2cc(-c3c4ccccc4c(-c4cccc(-c5ccccc5)c4)c4ccccc34)ccc2-c2ccc(-c3c4ccccc4c(-c4cccc(-c5ccccc5)c4)c4ccccc34)cc21. The van der Waals surface area contributed by atoms with E-state index in [1.165, 1.54) is 132 Å². The normalized spacial score (nSPS) is 12.7. The van der Waals surface area contributed by atoms with E-state index in [4.69, 9.17) is 0 Å². The Morgan fingerprint density at radius 2 is 0.463 bits per heavy atom. The standard InChI is InChI=1S/C67H46/c1-67(2)61-41-49(65-57-31-13-9-27-53(57)63(54-28-10-14-32-58(54)65)47-25-17-23-45(39-47)43-19-5-3-6-20-43)35-37-51(61)52-38-36-50(42-62(52)67)66-59-33-15-11-29-55(59)64(56-30-12-16-34-60(56)66)48-26-18-24-46(40-48)44-21-7-4-8-22-44/h3-42H,1-2H3. The minimum Gasteiger partial charge on any atom is -0.0622 e. The van der Waals surface area contributed by atoms with E-state index in [0.717, 1.165) is 0 Å². The van der Waals surface area contributed by atoms with Gasteiger partial charge >= 0.3 is 0 Å². The third-order valence-corrected chi connectivity index (χ3v) is 14.6. The van der Waals surface area contributed by atoms with Gasteiger partial charge in [-0.15, -0.1) is 0 Å². The predicted octanol–water partition coefficient (Wildman–Crippen LogP) is 18.6. The molecular formula is C67H46. The van der Waals surface area contributed by atoms with Crippen molar-refractivity contribution in [2.45, 2.75) is 19.3 Å². The highest BCUT2D eigenvalue weighted by molar-refractivity contribution is 6.23. The highest BCUT2D eigenvalue weighted by Crippen LogP contribution is 2.53. The van der Waals surface area contributed by atoms with E-state index in [-0.39, 0.29) is 5.41 Å². The minimum atomic E-state index is -0.233. The molecule has 0 radical (unpaired) electrons. The van der Waals surface area contributed by atoms with Gasteiger partial charge in [0.15, 0.2) is 0 Å². The molecule has 314 valence electrons. The lowest BCUT2D eigenvalue weighted by atomic mass is 9.79. The van der Waals surface area contributed by atoms with Gasteiger partial charge in [0.25, 0.3) is 0 Å². The molecule has 12 aromatic carbocycles. The van der Waals surface area contributed by atoms with Gasteiger partial charge in [-0.05, 0) is 156 Å². The Labute approximate surface area is 392 Å². The second kappa shape index (κ2) is 15.4. The summed E-state index contributed by atoms with van der Waals surface area (Å²) in [5.41, 5.74) is 20.1. The molecule has 1 aliphatic carbocycles. The van der Waals surface area contributed by atoms with Crippen LogP contribution in [0.5, 0.6) is 0 Å². The monoisotopic (exact) mass is 850 g/mol. The summed E-state index contributed by atoms with van der Waals surface area (Å²) in [6.45, 7) is 4.84. The molecule has 13 rings (SSSR count). The van der Waals surface area contributed by atoms with Crippen LogP contribution < -0.4 is 0 Å². The van der Waals surface area contributed by atoms with Crippen molar-refractivity contribution in [3.8, 4) is 77.9 Å². The van der Waals surface area contributed by atoms with E-state index in [1.54, 1.807) is 0 Å². The third-order valence-electron chi connectivity index (χ3n) is 14.6. The zero-order valence-corrected chi connectivity index (χ0v) is 37.6. The van der Waals surface area contributed by atoms with Crippen LogP contribution in [-0.4, -0.2) is 0 Å². The Bertz CT molecular complexity index is 3560. The van der Waals surface area contributed by atoms with Crippen molar-refractivity contribution in [1.29, 1.82) is 0 Å². The number of fused-ring (bicyclic) bond motifs is 7. The molecule has 0 fully saturated rings. The van der Waals surface area contributed by atoms with Gasteiger partial charge in [0, 0.05) is 5.41 Å². The maximum absolute atomic E-state index is 2.50. The van der Waals surface area contributed by atoms with Crippen LogP contribution >= 0.6 is 0 Å². The highest BCUT2D eigenvalue weighted by Gasteiger charge is 2.36. The molecule has 0 N–H and O–H groups in total. The van der Waals surface area contributed by atoms with Crippen molar-refractivity contribution in [1.82, 2.24) is 0 Å². The molecule has 0 heterocycles. The second-order valence-corrected chi connectivity index (χ2v) is 18.7. The summed E-state index contributed by atoms with van der Waals surface area (Å²) in [7, 11) is 0. The molecule has 67 heavy (non-hydrogen) atoms. The molecule has 0 bridgehead atoms. The van der Waals surface area contributed by atoms with Crippen molar-refractivity contribution in [2.75, 3.05) is 0 Å². The number of hydrogen-bond donors (Lipinski definition) is 0. The zero-order chi connectivity index (χ0) is 44.6. The van der Waals surface area contributed by atoms with Crippen LogP contribution in [0, 0.1) is 0 Å². The van der Waals surface area contributed by atoms with Gasteiger partial charge in [0.2, 0.25) is 0 Å². The molecule has 0 nitrogen and oxygen atoms in total. The summed E-state index contributed by atoms with van der Waals surface area (Å²) in [6.07, 6.45) is 0. The van der Waals surface area contributed by atoms with E-state index in [9.17, 15) is 0 Å². The Kier molecular flexibility index (Phi) is 8.98. The van der Waals surface area contributed by atoms with Gasteiger partial charge in [0.1, 0.15) is 0 Å². The van der Waals surface area contributed by atoms with Crippen LogP contribution in [0.1, 0.15) is 25.0 Å². The van der Waals surface area contributed by atoms with Crippen LogP contribution in [0.3, 0.4) is 0 Å². The van der Waals surface area contributed by atoms with Crippen LogP contribution in [0.15, 0.2) is 243 Å². The average Bonchev–Trinajstić information content (AvgIpc) is 3.61. The fraction of sp³-hybridized carbons (Fsp3) is 0.0448. The lowest BCUT2D eigenvalue weighted by Crippen LogP contribution is -2.15. The maximum Gasteiger partial charge on any atom is 0.0159 e. The van der Waals surface area contributed by atoms with Crippen molar-refractivity contribution < 1.29 is 0 Å². The largest absolute Gasteiger partial charge is 0.0622 e. The first-order valence-corrected chi connectivity index (χ1v) is 23.5. The number of rotatable bonds is 6. The number of benzene rings is 12. The first-order valence-electron chi connectivity index (χ1n) is 23.5. The van der Waals surface area contributed by atoms with Gasteiger partial charge in [-0.2, -0.15) is 0 Å². The fourth-order valence-electron chi connectivity index (χ4n) is 11.5.